The van der Waals surface area contributed by atoms with Crippen molar-refractivity contribution in [2.75, 3.05) is 6.61 Å². The van der Waals surface area contributed by atoms with Crippen molar-refractivity contribution in [3.05, 3.63) is 0 Å². The second-order valence-electron chi connectivity index (χ2n) is 10.8. The summed E-state index contributed by atoms with van der Waals surface area (Å²) >= 11 is 0. The van der Waals surface area contributed by atoms with Gasteiger partial charge in [0.05, 0.1) is 12.7 Å². The minimum atomic E-state index is -0.127. The van der Waals surface area contributed by atoms with E-state index in [-0.39, 0.29) is 22.2 Å². The number of piperidine rings is 2. The molecule has 1 unspecified atom stereocenters. The van der Waals surface area contributed by atoms with E-state index < -0.39 is 0 Å². The predicted molar refractivity (Wildman–Crippen MR) is 99.9 cm³/mol. The number of hydroxylamine groups is 4. The summed E-state index contributed by atoms with van der Waals surface area (Å²) in [6, 6.07) is 0. The third-order valence-corrected chi connectivity index (χ3v) is 6.28. The fourth-order valence-corrected chi connectivity index (χ4v) is 4.92. The molecule has 3 aliphatic heterocycles. The Morgan fingerprint density at radius 2 is 1.08 bits per heavy atom. The smallest absolute Gasteiger partial charge is 0.0839 e. The van der Waals surface area contributed by atoms with Gasteiger partial charge in [-0.25, -0.2) is 0 Å². The van der Waals surface area contributed by atoms with Crippen LogP contribution < -0.4 is 0 Å². The maximum atomic E-state index is 10.1. The van der Waals surface area contributed by atoms with Gasteiger partial charge in [0.1, 0.15) is 0 Å². The molecule has 3 heterocycles. The van der Waals surface area contributed by atoms with E-state index in [1.165, 1.54) is 16.5 Å². The molecule has 3 saturated heterocycles. The molecule has 25 heavy (non-hydrogen) atoms. The highest BCUT2D eigenvalue weighted by Gasteiger charge is 2.49. The number of rotatable bonds is 1. The fourth-order valence-electron chi connectivity index (χ4n) is 4.92. The number of hydrogen-bond donors (Lipinski definition) is 2. The van der Waals surface area contributed by atoms with Crippen LogP contribution in [0.1, 0.15) is 87.5 Å². The van der Waals surface area contributed by atoms with Gasteiger partial charge in [0.2, 0.25) is 0 Å². The lowest BCUT2D eigenvalue weighted by Crippen LogP contribution is -2.59. The predicted octanol–water partition coefficient (Wildman–Crippen LogP) is 4.46. The van der Waals surface area contributed by atoms with Gasteiger partial charge in [-0.05, 0) is 93.4 Å². The summed E-state index contributed by atoms with van der Waals surface area (Å²) < 4.78 is 5.37. The molecule has 0 spiro atoms. The standard InChI is InChI=1S/C11H21NO2.C9H19NO/c1-10(2)5-8(9-7-14-9)6-11(3,4)12(10)13;1-8(2)6-5-7-9(3,4)10(8)11/h8-9,13H,5-7H2,1-4H3;11H,5-7H2,1-4H3. The van der Waals surface area contributed by atoms with Crippen LogP contribution in [0.25, 0.3) is 0 Å². The van der Waals surface area contributed by atoms with Crippen LogP contribution >= 0.6 is 0 Å². The highest BCUT2D eigenvalue weighted by atomic mass is 16.6. The van der Waals surface area contributed by atoms with Crippen molar-refractivity contribution in [2.24, 2.45) is 5.92 Å². The number of nitrogens with zero attached hydrogens (tertiary/aromatic N) is 2. The molecule has 3 rings (SSSR count). The quantitative estimate of drug-likeness (QED) is 0.679. The van der Waals surface area contributed by atoms with Crippen molar-refractivity contribution in [1.29, 1.82) is 0 Å². The molecule has 0 bridgehead atoms. The van der Waals surface area contributed by atoms with Crippen LogP contribution in [0.3, 0.4) is 0 Å². The van der Waals surface area contributed by atoms with Gasteiger partial charge in [0.15, 0.2) is 0 Å². The van der Waals surface area contributed by atoms with Gasteiger partial charge in [-0.3, -0.25) is 0 Å². The molecule has 0 aliphatic carbocycles. The average molecular weight is 357 g/mol. The second-order valence-corrected chi connectivity index (χ2v) is 10.8. The summed E-state index contributed by atoms with van der Waals surface area (Å²) in [4.78, 5) is 0. The summed E-state index contributed by atoms with van der Waals surface area (Å²) in [5.41, 5.74) is -0.333. The van der Waals surface area contributed by atoms with E-state index in [2.05, 4.69) is 55.4 Å². The van der Waals surface area contributed by atoms with Crippen molar-refractivity contribution in [1.82, 2.24) is 10.1 Å². The number of epoxide rings is 1. The molecule has 3 aliphatic rings. The van der Waals surface area contributed by atoms with Crippen LogP contribution in [-0.4, -0.2) is 55.4 Å². The van der Waals surface area contributed by atoms with Crippen LogP contribution in [0.5, 0.6) is 0 Å². The van der Waals surface area contributed by atoms with Gasteiger partial charge in [0, 0.05) is 22.2 Å². The van der Waals surface area contributed by atoms with E-state index in [1.54, 1.807) is 0 Å². The molecule has 0 radical (unpaired) electrons. The normalized spacial score (nSPS) is 34.1. The summed E-state index contributed by atoms with van der Waals surface area (Å²) in [5.74, 6) is 0.614. The Morgan fingerprint density at radius 3 is 1.40 bits per heavy atom. The fraction of sp³-hybridized carbons (Fsp3) is 1.00. The molecular formula is C20H40N2O3. The van der Waals surface area contributed by atoms with Gasteiger partial charge in [-0.15, -0.1) is 0 Å². The van der Waals surface area contributed by atoms with Gasteiger partial charge in [-0.2, -0.15) is 10.1 Å². The SMILES string of the molecule is CC1(C)CC(C2CO2)CC(C)(C)N1O.CC1(C)CCCC(C)(C)N1O. The molecule has 0 aromatic rings. The highest BCUT2D eigenvalue weighted by Crippen LogP contribution is 2.44. The molecule has 2 N–H and O–H groups in total. The Morgan fingerprint density at radius 1 is 0.720 bits per heavy atom. The van der Waals surface area contributed by atoms with Gasteiger partial charge in [0.25, 0.3) is 0 Å². The summed E-state index contributed by atoms with van der Waals surface area (Å²) in [6.07, 6.45) is 5.91. The van der Waals surface area contributed by atoms with Crippen LogP contribution in [0.2, 0.25) is 0 Å². The van der Waals surface area contributed by atoms with Crippen molar-refractivity contribution in [3.8, 4) is 0 Å². The first-order valence-electron chi connectivity index (χ1n) is 9.79. The van der Waals surface area contributed by atoms with E-state index in [1.807, 2.05) is 0 Å². The molecule has 0 saturated carbocycles. The third-order valence-electron chi connectivity index (χ3n) is 6.28. The molecule has 0 aromatic carbocycles. The van der Waals surface area contributed by atoms with Gasteiger partial charge in [-0.1, -0.05) is 0 Å². The van der Waals surface area contributed by atoms with E-state index in [0.717, 1.165) is 32.3 Å². The lowest BCUT2D eigenvalue weighted by molar-refractivity contribution is -0.252. The van der Waals surface area contributed by atoms with E-state index in [0.29, 0.717) is 12.0 Å². The first-order chi connectivity index (χ1) is 11.2. The largest absolute Gasteiger partial charge is 0.373 e. The molecule has 3 fully saturated rings. The summed E-state index contributed by atoms with van der Waals surface area (Å²) in [6.45, 7) is 17.7. The second kappa shape index (κ2) is 6.75. The number of hydrogen-bond acceptors (Lipinski definition) is 5. The zero-order chi connectivity index (χ0) is 19.3. The van der Waals surface area contributed by atoms with E-state index in [9.17, 15) is 10.4 Å². The first kappa shape index (κ1) is 21.1. The Balaban J connectivity index is 0.000000186. The summed E-state index contributed by atoms with van der Waals surface area (Å²) in [5, 5.41) is 22.9. The van der Waals surface area contributed by atoms with Crippen molar-refractivity contribution in [3.63, 3.8) is 0 Å². The molecule has 0 aromatic heterocycles. The molecular weight excluding hydrogens is 316 g/mol. The van der Waals surface area contributed by atoms with Gasteiger partial charge < -0.3 is 15.2 Å². The third kappa shape index (κ3) is 4.75. The van der Waals surface area contributed by atoms with Crippen LogP contribution in [0.15, 0.2) is 0 Å². The van der Waals surface area contributed by atoms with E-state index >= 15 is 0 Å². The first-order valence-corrected chi connectivity index (χ1v) is 9.79. The zero-order valence-corrected chi connectivity index (χ0v) is 17.6. The van der Waals surface area contributed by atoms with Crippen molar-refractivity contribution < 1.29 is 15.2 Å². The maximum Gasteiger partial charge on any atom is 0.0839 e. The minimum Gasteiger partial charge on any atom is -0.373 e. The van der Waals surface area contributed by atoms with Crippen LogP contribution in [0.4, 0.5) is 0 Å². The Bertz CT molecular complexity index is 436. The average Bonchev–Trinajstić information content (AvgIpc) is 3.26. The topological polar surface area (TPSA) is 59.5 Å². The van der Waals surface area contributed by atoms with Crippen molar-refractivity contribution >= 4 is 0 Å². The number of ether oxygens (including phenoxy) is 1. The molecule has 0 amide bonds. The molecule has 5 nitrogen and oxygen atoms in total. The molecule has 1 atom stereocenters. The molecule has 148 valence electrons. The van der Waals surface area contributed by atoms with Gasteiger partial charge >= 0.3 is 0 Å². The Labute approximate surface area is 154 Å². The Kier molecular flexibility index (Phi) is 5.70. The van der Waals surface area contributed by atoms with Crippen molar-refractivity contribution in [2.45, 2.75) is 116 Å². The lowest BCUT2D eigenvalue weighted by atomic mass is 9.74. The molecule has 5 heteroatoms. The lowest BCUT2D eigenvalue weighted by Gasteiger charge is -2.51. The minimum absolute atomic E-state index is 0.0399. The Hall–Kier alpha value is -0.200. The monoisotopic (exact) mass is 356 g/mol. The van der Waals surface area contributed by atoms with Crippen LogP contribution in [-0.2, 0) is 4.74 Å². The van der Waals surface area contributed by atoms with E-state index in [4.69, 9.17) is 4.74 Å². The van der Waals surface area contributed by atoms with Crippen LogP contribution in [0, 0.1) is 5.92 Å². The highest BCUT2D eigenvalue weighted by molar-refractivity contribution is 4.99. The summed E-state index contributed by atoms with van der Waals surface area (Å²) in [7, 11) is 0. The zero-order valence-electron chi connectivity index (χ0n) is 17.6. The maximum absolute atomic E-state index is 10.1.